The van der Waals surface area contributed by atoms with Crippen molar-refractivity contribution in [2.24, 2.45) is 0 Å². The van der Waals surface area contributed by atoms with Crippen LogP contribution in [0.3, 0.4) is 0 Å². The lowest BCUT2D eigenvalue weighted by atomic mass is 10.2. The van der Waals surface area contributed by atoms with Gasteiger partial charge in [0.1, 0.15) is 32.4 Å². The van der Waals surface area contributed by atoms with Crippen LogP contribution in [0.4, 0.5) is 0 Å². The fourth-order valence-electron chi connectivity index (χ4n) is 3.03. The lowest BCUT2D eigenvalue weighted by Gasteiger charge is -2.15. The molecule has 1 aromatic carbocycles. The lowest BCUT2D eigenvalue weighted by Crippen LogP contribution is -2.25. The Morgan fingerprint density at radius 2 is 1.92 bits per heavy atom. The third kappa shape index (κ3) is 5.17. The van der Waals surface area contributed by atoms with E-state index in [0.29, 0.717) is 6.61 Å². The Kier molecular flexibility index (Phi) is 6.43. The van der Waals surface area contributed by atoms with Gasteiger partial charge in [0, 0.05) is 24.5 Å². The molecule has 0 bridgehead atoms. The molecule has 1 fully saturated rings. The maximum absolute atomic E-state index is 12.4. The van der Waals surface area contributed by atoms with Crippen molar-refractivity contribution in [1.29, 1.82) is 0 Å². The average molecular weight is 369 g/mol. The summed E-state index contributed by atoms with van der Waals surface area (Å²) in [4.78, 5) is 14.8. The standard InChI is InChI=1S/C21H26N2O2P/c1-26(2)16-10-18-9-13-23(21(24)17-18)19-5-7-20(8-6-19)25-15-14-22-11-3-4-12-22/h5-10,13,16-17H,1,3-4,11-12,14-15H2,2H3/q+1. The number of hydrogen-bond acceptors (Lipinski definition) is 3. The first-order valence-corrected chi connectivity index (χ1v) is 11.1. The molecular weight excluding hydrogens is 343 g/mol. The molecule has 0 saturated carbocycles. The first-order valence-electron chi connectivity index (χ1n) is 9.02. The van der Waals surface area contributed by atoms with E-state index in [-0.39, 0.29) is 13.1 Å². The Morgan fingerprint density at radius 3 is 2.58 bits per heavy atom. The molecule has 5 heteroatoms. The molecule has 3 rings (SSSR count). The van der Waals surface area contributed by atoms with E-state index in [1.165, 1.54) is 25.9 Å². The molecule has 0 radical (unpaired) electrons. The van der Waals surface area contributed by atoms with Crippen molar-refractivity contribution >= 4 is 19.9 Å². The van der Waals surface area contributed by atoms with E-state index in [1.54, 1.807) is 10.6 Å². The zero-order chi connectivity index (χ0) is 18.4. The van der Waals surface area contributed by atoms with Crippen LogP contribution in [0.2, 0.25) is 0 Å². The highest BCUT2D eigenvalue weighted by Crippen LogP contribution is 2.17. The summed E-state index contributed by atoms with van der Waals surface area (Å²) >= 11 is 0. The van der Waals surface area contributed by atoms with Crippen molar-refractivity contribution in [2.45, 2.75) is 12.8 Å². The summed E-state index contributed by atoms with van der Waals surface area (Å²) in [6.07, 6.45) is 10.3. The largest absolute Gasteiger partial charge is 0.492 e. The van der Waals surface area contributed by atoms with Gasteiger partial charge in [0.05, 0.1) is 6.30 Å². The van der Waals surface area contributed by atoms with Crippen LogP contribution in [-0.4, -0.2) is 48.7 Å². The molecule has 0 spiro atoms. The van der Waals surface area contributed by atoms with E-state index < -0.39 is 0 Å². The molecule has 1 unspecified atom stereocenters. The van der Waals surface area contributed by atoms with E-state index in [2.05, 4.69) is 17.9 Å². The highest BCUT2D eigenvalue weighted by molar-refractivity contribution is 7.58. The molecule has 1 saturated heterocycles. The predicted molar refractivity (Wildman–Crippen MR) is 112 cm³/mol. The number of nitrogens with zero attached hydrogens (tertiary/aromatic N) is 2. The molecule has 1 atom stereocenters. The summed E-state index contributed by atoms with van der Waals surface area (Å²) < 4.78 is 7.46. The topological polar surface area (TPSA) is 34.5 Å². The molecule has 2 aromatic rings. The summed E-state index contributed by atoms with van der Waals surface area (Å²) in [6.45, 7) is 6.12. The molecular formula is C21H26N2O2P+. The van der Waals surface area contributed by atoms with Gasteiger partial charge in [-0.15, -0.1) is 0 Å². The van der Waals surface area contributed by atoms with Crippen molar-refractivity contribution in [2.75, 3.05) is 32.9 Å². The smallest absolute Gasteiger partial charge is 0.255 e. The minimum atomic E-state index is -0.354. The maximum Gasteiger partial charge on any atom is 0.255 e. The summed E-state index contributed by atoms with van der Waals surface area (Å²) in [7, 11) is -0.354. The third-order valence-corrected chi connectivity index (χ3v) is 5.11. The molecule has 1 aliphatic rings. The van der Waals surface area contributed by atoms with Crippen molar-refractivity contribution in [3.05, 3.63) is 64.3 Å². The molecule has 136 valence electrons. The van der Waals surface area contributed by atoms with Crippen LogP contribution < -0.4 is 10.3 Å². The van der Waals surface area contributed by atoms with Gasteiger partial charge in [-0.2, -0.15) is 0 Å². The molecule has 0 amide bonds. The number of benzene rings is 1. The van der Waals surface area contributed by atoms with Crippen LogP contribution in [0, 0.1) is 0 Å². The second kappa shape index (κ2) is 8.98. The number of aromatic nitrogens is 1. The first-order chi connectivity index (χ1) is 12.6. The first kappa shape index (κ1) is 18.6. The van der Waals surface area contributed by atoms with E-state index in [0.717, 1.165) is 23.5 Å². The molecule has 1 aliphatic heterocycles. The summed E-state index contributed by atoms with van der Waals surface area (Å²) in [5.41, 5.74) is 1.71. The highest BCUT2D eigenvalue weighted by Gasteiger charge is 2.10. The number of hydrogen-bond donors (Lipinski definition) is 0. The predicted octanol–water partition coefficient (Wildman–Crippen LogP) is 3.83. The van der Waals surface area contributed by atoms with Crippen molar-refractivity contribution < 1.29 is 4.74 Å². The van der Waals surface area contributed by atoms with Gasteiger partial charge in [0.2, 0.25) is 0 Å². The summed E-state index contributed by atoms with van der Waals surface area (Å²) in [6, 6.07) is 11.3. The van der Waals surface area contributed by atoms with Gasteiger partial charge in [0.25, 0.3) is 5.56 Å². The van der Waals surface area contributed by atoms with Crippen molar-refractivity contribution in [1.82, 2.24) is 9.47 Å². The molecule has 4 nitrogen and oxygen atoms in total. The quantitative estimate of drug-likeness (QED) is 0.696. The van der Waals surface area contributed by atoms with E-state index in [9.17, 15) is 4.79 Å². The zero-order valence-corrected chi connectivity index (χ0v) is 16.2. The van der Waals surface area contributed by atoms with Gasteiger partial charge < -0.3 is 4.74 Å². The van der Waals surface area contributed by atoms with Gasteiger partial charge in [-0.25, -0.2) is 0 Å². The van der Waals surface area contributed by atoms with Gasteiger partial charge >= 0.3 is 0 Å². The Labute approximate surface area is 156 Å². The van der Waals surface area contributed by atoms with Crippen molar-refractivity contribution in [3.63, 3.8) is 0 Å². The van der Waals surface area contributed by atoms with Gasteiger partial charge in [-0.05, 0) is 67.9 Å². The molecule has 2 heterocycles. The van der Waals surface area contributed by atoms with E-state index in [1.807, 2.05) is 48.4 Å². The van der Waals surface area contributed by atoms with E-state index >= 15 is 0 Å². The fraction of sp³-hybridized carbons (Fsp3) is 0.333. The molecule has 1 aromatic heterocycles. The zero-order valence-electron chi connectivity index (χ0n) is 15.3. The normalized spacial score (nSPS) is 15.5. The Balaban J connectivity index is 1.62. The summed E-state index contributed by atoms with van der Waals surface area (Å²) in [5, 5.41) is 0. The highest BCUT2D eigenvalue weighted by atomic mass is 31.1. The Hall–Kier alpha value is -2.16. The van der Waals surface area contributed by atoms with E-state index in [4.69, 9.17) is 4.74 Å². The second-order valence-electron chi connectivity index (χ2n) is 6.63. The monoisotopic (exact) mass is 369 g/mol. The number of likely N-dealkylation sites (tertiary alicyclic amines) is 1. The number of pyridine rings is 1. The number of ether oxygens (including phenoxy) is 1. The minimum absolute atomic E-state index is 0.0423. The molecule has 0 N–H and O–H groups in total. The van der Waals surface area contributed by atoms with Crippen LogP contribution in [0.25, 0.3) is 11.8 Å². The maximum atomic E-state index is 12.4. The fourth-order valence-corrected chi connectivity index (χ4v) is 3.45. The van der Waals surface area contributed by atoms with Gasteiger partial charge in [0.15, 0.2) is 0 Å². The minimum Gasteiger partial charge on any atom is -0.492 e. The van der Waals surface area contributed by atoms with Crippen LogP contribution in [-0.2, 0) is 0 Å². The van der Waals surface area contributed by atoms with Crippen LogP contribution in [0.1, 0.15) is 18.4 Å². The lowest BCUT2D eigenvalue weighted by molar-refractivity contribution is 0.238. The van der Waals surface area contributed by atoms with Gasteiger partial charge in [-0.1, -0.05) is 0 Å². The average Bonchev–Trinajstić information content (AvgIpc) is 3.14. The Bertz CT molecular complexity index is 834. The molecule has 0 aliphatic carbocycles. The van der Waals surface area contributed by atoms with Crippen molar-refractivity contribution in [3.8, 4) is 11.4 Å². The Morgan fingerprint density at radius 1 is 1.19 bits per heavy atom. The SMILES string of the molecule is C=[P+](C)C=Cc1ccn(-c2ccc(OCCN3CCCC3)cc2)c(=O)c1. The van der Waals surface area contributed by atoms with Crippen LogP contribution in [0.15, 0.2) is 53.2 Å². The second-order valence-corrected chi connectivity index (χ2v) is 8.44. The van der Waals surface area contributed by atoms with Gasteiger partial charge in [-0.3, -0.25) is 14.3 Å². The summed E-state index contributed by atoms with van der Waals surface area (Å²) in [5.74, 6) is 2.88. The molecule has 26 heavy (non-hydrogen) atoms. The number of rotatable bonds is 7. The third-order valence-electron chi connectivity index (χ3n) is 4.45. The van der Waals surface area contributed by atoms with Crippen LogP contribution >= 0.6 is 7.55 Å². The van der Waals surface area contributed by atoms with Crippen LogP contribution in [0.5, 0.6) is 5.75 Å².